The van der Waals surface area contributed by atoms with Crippen LogP contribution in [0.4, 0.5) is 0 Å². The van der Waals surface area contributed by atoms with Gasteiger partial charge in [0.25, 0.3) is 5.91 Å². The third kappa shape index (κ3) is 3.96. The summed E-state index contributed by atoms with van der Waals surface area (Å²) >= 11 is 0. The molecule has 1 aliphatic heterocycles. The Balaban J connectivity index is 1.74. The predicted octanol–water partition coefficient (Wildman–Crippen LogP) is 2.65. The summed E-state index contributed by atoms with van der Waals surface area (Å²) in [5.41, 5.74) is 1.97. The fourth-order valence-electron chi connectivity index (χ4n) is 2.94. The second kappa shape index (κ2) is 7.61. The van der Waals surface area contributed by atoms with Crippen LogP contribution in [0.3, 0.4) is 0 Å². The number of hydrogen-bond donors (Lipinski definition) is 1. The minimum Gasteiger partial charge on any atom is -0.377 e. The molecule has 132 valence electrons. The standard InChI is InChI=1S/C19H23N3O3/c1-13(2)16-11-17(21-20-16)19(24)22-8-9-25-12-15(22)10-18(23)14-6-4-3-5-7-14/h3-7,11,13,15H,8-10,12H2,1-2H3,(H,20,21). The summed E-state index contributed by atoms with van der Waals surface area (Å²) in [4.78, 5) is 27.0. The number of carbonyl (C=O) groups excluding carboxylic acids is 2. The summed E-state index contributed by atoms with van der Waals surface area (Å²) in [6.07, 6.45) is 0.247. The smallest absolute Gasteiger partial charge is 0.274 e. The van der Waals surface area contributed by atoms with E-state index in [1.165, 1.54) is 0 Å². The zero-order chi connectivity index (χ0) is 17.8. The maximum atomic E-state index is 12.8. The molecule has 1 atom stereocenters. The third-order valence-corrected chi connectivity index (χ3v) is 4.44. The van der Waals surface area contributed by atoms with Gasteiger partial charge >= 0.3 is 0 Å². The van der Waals surface area contributed by atoms with E-state index in [2.05, 4.69) is 10.2 Å². The van der Waals surface area contributed by atoms with E-state index in [4.69, 9.17) is 4.74 Å². The molecule has 0 aliphatic carbocycles. The molecule has 0 radical (unpaired) electrons. The number of rotatable bonds is 5. The first-order valence-corrected chi connectivity index (χ1v) is 8.58. The number of carbonyl (C=O) groups is 2. The van der Waals surface area contributed by atoms with Gasteiger partial charge in [0, 0.05) is 24.2 Å². The van der Waals surface area contributed by atoms with Crippen molar-refractivity contribution in [3.63, 3.8) is 0 Å². The lowest BCUT2D eigenvalue weighted by atomic mass is 10.0. The van der Waals surface area contributed by atoms with E-state index in [0.29, 0.717) is 31.0 Å². The Morgan fingerprint density at radius 1 is 1.32 bits per heavy atom. The zero-order valence-corrected chi connectivity index (χ0v) is 14.6. The average Bonchev–Trinajstić information content (AvgIpc) is 3.13. The third-order valence-electron chi connectivity index (χ3n) is 4.44. The van der Waals surface area contributed by atoms with E-state index in [1.54, 1.807) is 23.1 Å². The van der Waals surface area contributed by atoms with E-state index in [-0.39, 0.29) is 30.1 Å². The van der Waals surface area contributed by atoms with E-state index in [0.717, 1.165) is 5.69 Å². The predicted molar refractivity (Wildman–Crippen MR) is 93.7 cm³/mol. The number of nitrogens with zero attached hydrogens (tertiary/aromatic N) is 2. The molecule has 1 unspecified atom stereocenters. The SMILES string of the molecule is CC(C)c1cc(C(=O)N2CCOCC2CC(=O)c2ccccc2)n[nH]1. The number of nitrogens with one attached hydrogen (secondary N) is 1. The van der Waals surface area contributed by atoms with E-state index < -0.39 is 0 Å². The van der Waals surface area contributed by atoms with Crippen molar-refractivity contribution < 1.29 is 14.3 Å². The Bertz CT molecular complexity index is 739. The van der Waals surface area contributed by atoms with Crippen molar-refractivity contribution in [1.29, 1.82) is 0 Å². The summed E-state index contributed by atoms with van der Waals surface area (Å²) in [5, 5.41) is 7.05. The van der Waals surface area contributed by atoms with Gasteiger partial charge in [0.1, 0.15) is 5.69 Å². The molecule has 0 saturated carbocycles. The van der Waals surface area contributed by atoms with Crippen LogP contribution in [0.1, 0.15) is 52.7 Å². The number of hydrogen-bond acceptors (Lipinski definition) is 4. The van der Waals surface area contributed by atoms with Crippen LogP contribution in [0.25, 0.3) is 0 Å². The molecule has 6 nitrogen and oxygen atoms in total. The lowest BCUT2D eigenvalue weighted by molar-refractivity contribution is -0.00311. The van der Waals surface area contributed by atoms with Gasteiger partial charge in [-0.25, -0.2) is 0 Å². The van der Waals surface area contributed by atoms with Crippen LogP contribution in [0.15, 0.2) is 36.4 Å². The lowest BCUT2D eigenvalue weighted by Gasteiger charge is -2.34. The van der Waals surface area contributed by atoms with Crippen LogP contribution in [-0.2, 0) is 4.74 Å². The van der Waals surface area contributed by atoms with E-state index in [1.807, 2.05) is 32.0 Å². The largest absolute Gasteiger partial charge is 0.377 e. The highest BCUT2D eigenvalue weighted by Crippen LogP contribution is 2.19. The highest BCUT2D eigenvalue weighted by Gasteiger charge is 2.31. The Morgan fingerprint density at radius 2 is 2.08 bits per heavy atom. The van der Waals surface area contributed by atoms with Gasteiger partial charge in [-0.2, -0.15) is 5.10 Å². The summed E-state index contributed by atoms with van der Waals surface area (Å²) < 4.78 is 5.50. The molecule has 2 aromatic rings. The molecule has 1 saturated heterocycles. The molecular formula is C19H23N3O3. The number of aromatic nitrogens is 2. The fourth-order valence-corrected chi connectivity index (χ4v) is 2.94. The molecule has 3 rings (SSSR count). The molecule has 0 bridgehead atoms. The number of morpholine rings is 1. The Morgan fingerprint density at radius 3 is 2.76 bits per heavy atom. The van der Waals surface area contributed by atoms with Gasteiger partial charge < -0.3 is 9.64 Å². The average molecular weight is 341 g/mol. The van der Waals surface area contributed by atoms with Crippen molar-refractivity contribution >= 4 is 11.7 Å². The van der Waals surface area contributed by atoms with Crippen molar-refractivity contribution in [2.24, 2.45) is 0 Å². The molecule has 0 spiro atoms. The van der Waals surface area contributed by atoms with Crippen LogP contribution in [-0.4, -0.2) is 52.6 Å². The molecule has 25 heavy (non-hydrogen) atoms. The van der Waals surface area contributed by atoms with Gasteiger partial charge in [-0.05, 0) is 12.0 Å². The maximum Gasteiger partial charge on any atom is 0.274 e. The topological polar surface area (TPSA) is 75.3 Å². The number of Topliss-reactive ketones (excluding diaryl/α,β-unsaturated/α-hetero) is 1. The Hall–Kier alpha value is -2.47. The summed E-state index contributed by atoms with van der Waals surface area (Å²) in [7, 11) is 0. The molecule has 1 aliphatic rings. The maximum absolute atomic E-state index is 12.8. The van der Waals surface area contributed by atoms with Gasteiger partial charge in [0.05, 0.1) is 19.3 Å². The van der Waals surface area contributed by atoms with Crippen LogP contribution in [0.5, 0.6) is 0 Å². The molecule has 1 aromatic heterocycles. The highest BCUT2D eigenvalue weighted by molar-refractivity contribution is 5.97. The molecule has 1 fully saturated rings. The van der Waals surface area contributed by atoms with Crippen LogP contribution in [0, 0.1) is 0 Å². The van der Waals surface area contributed by atoms with Crippen LogP contribution < -0.4 is 0 Å². The molecule has 1 N–H and O–H groups in total. The number of benzene rings is 1. The Kier molecular flexibility index (Phi) is 5.28. The Labute approximate surface area is 147 Å². The molecule has 6 heteroatoms. The zero-order valence-electron chi connectivity index (χ0n) is 14.6. The van der Waals surface area contributed by atoms with Crippen molar-refractivity contribution in [3.8, 4) is 0 Å². The quantitative estimate of drug-likeness (QED) is 0.849. The summed E-state index contributed by atoms with van der Waals surface area (Å²) in [6, 6.07) is 10.7. The highest BCUT2D eigenvalue weighted by atomic mass is 16.5. The summed E-state index contributed by atoms with van der Waals surface area (Å²) in [6.45, 7) is 5.39. The van der Waals surface area contributed by atoms with Crippen molar-refractivity contribution in [2.45, 2.75) is 32.2 Å². The first-order chi connectivity index (χ1) is 12.1. The van der Waals surface area contributed by atoms with Crippen molar-refractivity contribution in [3.05, 3.63) is 53.3 Å². The first-order valence-electron chi connectivity index (χ1n) is 8.58. The molecular weight excluding hydrogens is 318 g/mol. The van der Waals surface area contributed by atoms with Gasteiger partial charge in [-0.3, -0.25) is 14.7 Å². The second-order valence-corrected chi connectivity index (χ2v) is 6.58. The molecule has 2 heterocycles. The van der Waals surface area contributed by atoms with Crippen molar-refractivity contribution in [1.82, 2.24) is 15.1 Å². The minimum atomic E-state index is -0.270. The number of H-pyrrole nitrogens is 1. The number of amides is 1. The molecule has 1 amide bonds. The van der Waals surface area contributed by atoms with Gasteiger partial charge in [0.2, 0.25) is 0 Å². The van der Waals surface area contributed by atoms with Crippen LogP contribution >= 0.6 is 0 Å². The monoisotopic (exact) mass is 341 g/mol. The second-order valence-electron chi connectivity index (χ2n) is 6.58. The van der Waals surface area contributed by atoms with Crippen molar-refractivity contribution in [2.75, 3.05) is 19.8 Å². The number of ketones is 1. The van der Waals surface area contributed by atoms with E-state index >= 15 is 0 Å². The van der Waals surface area contributed by atoms with E-state index in [9.17, 15) is 9.59 Å². The van der Waals surface area contributed by atoms with Gasteiger partial charge in [-0.15, -0.1) is 0 Å². The summed E-state index contributed by atoms with van der Waals surface area (Å²) in [5.74, 6) is 0.130. The van der Waals surface area contributed by atoms with Gasteiger partial charge in [-0.1, -0.05) is 44.2 Å². The fraction of sp³-hybridized carbons (Fsp3) is 0.421. The first kappa shape index (κ1) is 17.4. The number of aromatic amines is 1. The minimum absolute atomic E-state index is 0.0128. The number of ether oxygens (including phenoxy) is 1. The lowest BCUT2D eigenvalue weighted by Crippen LogP contribution is -2.49. The van der Waals surface area contributed by atoms with Crippen LogP contribution in [0.2, 0.25) is 0 Å². The molecule has 1 aromatic carbocycles. The normalized spacial score (nSPS) is 17.7. The van der Waals surface area contributed by atoms with Gasteiger partial charge in [0.15, 0.2) is 5.78 Å².